The number of fused-ring (bicyclic) bond motifs is 1. The van der Waals surface area contributed by atoms with E-state index in [1.165, 1.54) is 25.7 Å². The first kappa shape index (κ1) is 21.1. The summed E-state index contributed by atoms with van der Waals surface area (Å²) in [7, 11) is 0. The molecule has 7 heteroatoms. The van der Waals surface area contributed by atoms with Gasteiger partial charge in [-0.2, -0.15) is 5.10 Å². The fourth-order valence-corrected chi connectivity index (χ4v) is 5.67. The van der Waals surface area contributed by atoms with Crippen molar-refractivity contribution in [1.29, 1.82) is 0 Å². The molecule has 0 unspecified atom stereocenters. The fourth-order valence-electron chi connectivity index (χ4n) is 5.67. The van der Waals surface area contributed by atoms with Gasteiger partial charge in [0.1, 0.15) is 29.3 Å². The molecule has 2 aliphatic rings. The van der Waals surface area contributed by atoms with Gasteiger partial charge in [-0.15, -0.1) is 0 Å². The minimum atomic E-state index is 0.340. The Morgan fingerprint density at radius 3 is 2.32 bits per heavy atom. The second kappa shape index (κ2) is 8.72. The maximum absolute atomic E-state index is 6.35. The maximum atomic E-state index is 6.35. The molecule has 2 aromatic heterocycles. The predicted octanol–water partition coefficient (Wildman–Crippen LogP) is 5.35. The molecule has 0 radical (unpaired) electrons. The number of nitrogens with zero attached hydrogens (tertiary/aromatic N) is 4. The van der Waals surface area contributed by atoms with Crippen LogP contribution in [0, 0.1) is 5.41 Å². The van der Waals surface area contributed by atoms with Crippen LogP contribution in [0.3, 0.4) is 0 Å². The summed E-state index contributed by atoms with van der Waals surface area (Å²) in [5, 5.41) is 9.42. The third-order valence-electron chi connectivity index (χ3n) is 7.65. The van der Waals surface area contributed by atoms with Crippen molar-refractivity contribution in [2.24, 2.45) is 5.41 Å². The molecule has 4 aromatic rings. The Morgan fingerprint density at radius 1 is 0.882 bits per heavy atom. The van der Waals surface area contributed by atoms with Crippen molar-refractivity contribution in [3.63, 3.8) is 0 Å². The van der Waals surface area contributed by atoms with E-state index in [4.69, 9.17) is 15.6 Å². The molecular weight excluding hydrogens is 424 g/mol. The Morgan fingerprint density at radius 2 is 1.59 bits per heavy atom. The summed E-state index contributed by atoms with van der Waals surface area (Å²) in [5.74, 6) is 2.07. The summed E-state index contributed by atoms with van der Waals surface area (Å²) < 4.78 is 8.07. The number of benzene rings is 2. The van der Waals surface area contributed by atoms with Gasteiger partial charge in [-0.3, -0.25) is 0 Å². The van der Waals surface area contributed by atoms with Gasteiger partial charge >= 0.3 is 0 Å². The average molecular weight is 455 g/mol. The number of piperidine rings is 1. The lowest BCUT2D eigenvalue weighted by Crippen LogP contribution is -2.39. The van der Waals surface area contributed by atoms with Gasteiger partial charge in [0.05, 0.1) is 11.4 Å². The summed E-state index contributed by atoms with van der Waals surface area (Å²) in [6.07, 6.45) is 8.89. The van der Waals surface area contributed by atoms with Gasteiger partial charge in [-0.25, -0.2) is 14.6 Å². The summed E-state index contributed by atoms with van der Waals surface area (Å²) in [5.41, 5.74) is 9.50. The molecule has 1 spiro atoms. The highest BCUT2D eigenvalue weighted by Gasteiger charge is 2.37. The zero-order chi connectivity index (χ0) is 23.0. The second-order valence-electron chi connectivity index (χ2n) is 9.67. The van der Waals surface area contributed by atoms with Crippen LogP contribution >= 0.6 is 0 Å². The number of nitrogens with two attached hydrogens (primary N) is 1. The lowest BCUT2D eigenvalue weighted by Gasteiger charge is -2.43. The second-order valence-corrected chi connectivity index (χ2v) is 9.67. The predicted molar refractivity (Wildman–Crippen MR) is 134 cm³/mol. The highest BCUT2D eigenvalue weighted by molar-refractivity contribution is 5.98. The monoisotopic (exact) mass is 454 g/mol. The molecule has 2 aromatic carbocycles. The highest BCUT2D eigenvalue weighted by atomic mass is 16.5. The van der Waals surface area contributed by atoms with Gasteiger partial charge < -0.3 is 15.8 Å². The van der Waals surface area contributed by atoms with Crippen LogP contribution in [0.2, 0.25) is 0 Å². The normalized spacial score (nSPS) is 18.4. The van der Waals surface area contributed by atoms with Crippen LogP contribution in [0.1, 0.15) is 44.6 Å². The van der Waals surface area contributed by atoms with E-state index in [0.29, 0.717) is 17.3 Å². The highest BCUT2D eigenvalue weighted by Crippen LogP contribution is 2.47. The van der Waals surface area contributed by atoms with E-state index in [1.807, 2.05) is 54.6 Å². The molecule has 34 heavy (non-hydrogen) atoms. The van der Waals surface area contributed by atoms with E-state index in [2.05, 4.69) is 20.0 Å². The minimum Gasteiger partial charge on any atom is -0.457 e. The van der Waals surface area contributed by atoms with Gasteiger partial charge in [0.15, 0.2) is 5.65 Å². The maximum Gasteiger partial charge on any atom is 0.164 e. The smallest absolute Gasteiger partial charge is 0.164 e. The number of hydrogen-bond acceptors (Lipinski definition) is 6. The largest absolute Gasteiger partial charge is 0.457 e. The number of anilines is 1. The number of ether oxygens (including phenoxy) is 1. The van der Waals surface area contributed by atoms with Crippen LogP contribution in [-0.4, -0.2) is 32.8 Å². The van der Waals surface area contributed by atoms with E-state index < -0.39 is 0 Å². The number of para-hydroxylation sites is 1. The van der Waals surface area contributed by atoms with E-state index >= 15 is 0 Å². The number of nitrogen functional groups attached to an aromatic ring is 1. The molecule has 0 bridgehead atoms. The van der Waals surface area contributed by atoms with Crippen molar-refractivity contribution in [1.82, 2.24) is 25.1 Å². The first-order chi connectivity index (χ1) is 16.7. The third kappa shape index (κ3) is 3.90. The van der Waals surface area contributed by atoms with Crippen LogP contribution in [0.5, 0.6) is 11.5 Å². The lowest BCUT2D eigenvalue weighted by molar-refractivity contribution is 0.105. The Balaban J connectivity index is 1.30. The van der Waals surface area contributed by atoms with Gasteiger partial charge in [0, 0.05) is 5.56 Å². The van der Waals surface area contributed by atoms with Gasteiger partial charge in [0.2, 0.25) is 0 Å². The van der Waals surface area contributed by atoms with E-state index in [1.54, 1.807) is 6.33 Å². The number of aromatic nitrogens is 4. The van der Waals surface area contributed by atoms with Crippen molar-refractivity contribution < 1.29 is 4.74 Å². The Hall–Kier alpha value is -3.45. The van der Waals surface area contributed by atoms with Crippen LogP contribution in [0.4, 0.5) is 5.82 Å². The van der Waals surface area contributed by atoms with E-state index in [-0.39, 0.29) is 0 Å². The molecule has 0 atom stereocenters. The SMILES string of the molecule is Nc1ncnc2c1c(-c1ccc(Oc3ccccc3)cc1)nn2C1CCC2(CCNCC2)CC1. The van der Waals surface area contributed by atoms with Crippen molar-refractivity contribution in [2.45, 2.75) is 44.6 Å². The Bertz CT molecular complexity index is 1270. The number of rotatable bonds is 4. The van der Waals surface area contributed by atoms with E-state index in [0.717, 1.165) is 59.7 Å². The molecule has 1 saturated heterocycles. The zero-order valence-electron chi connectivity index (χ0n) is 19.3. The molecule has 0 amide bonds. The summed E-state index contributed by atoms with van der Waals surface area (Å²) in [4.78, 5) is 8.89. The molecule has 6 rings (SSSR count). The van der Waals surface area contributed by atoms with Crippen molar-refractivity contribution in [2.75, 3.05) is 18.8 Å². The van der Waals surface area contributed by atoms with Crippen LogP contribution in [0.25, 0.3) is 22.3 Å². The van der Waals surface area contributed by atoms with Crippen LogP contribution in [-0.2, 0) is 0 Å². The van der Waals surface area contributed by atoms with Crippen molar-refractivity contribution in [3.8, 4) is 22.8 Å². The Kier molecular flexibility index (Phi) is 5.41. The van der Waals surface area contributed by atoms with E-state index in [9.17, 15) is 0 Å². The topological polar surface area (TPSA) is 90.9 Å². The fraction of sp³-hybridized carbons (Fsp3) is 0.370. The summed E-state index contributed by atoms with van der Waals surface area (Å²) >= 11 is 0. The lowest BCUT2D eigenvalue weighted by atomic mass is 9.67. The molecule has 3 heterocycles. The molecule has 3 N–H and O–H groups in total. The molecule has 2 fully saturated rings. The number of hydrogen-bond donors (Lipinski definition) is 2. The zero-order valence-corrected chi connectivity index (χ0v) is 19.3. The van der Waals surface area contributed by atoms with Gasteiger partial charge in [-0.1, -0.05) is 18.2 Å². The number of nitrogens with one attached hydrogen (secondary N) is 1. The molecule has 1 aliphatic carbocycles. The van der Waals surface area contributed by atoms with Crippen LogP contribution in [0.15, 0.2) is 60.9 Å². The Labute approximate surface area is 199 Å². The first-order valence-electron chi connectivity index (χ1n) is 12.2. The van der Waals surface area contributed by atoms with Crippen molar-refractivity contribution >= 4 is 16.9 Å². The van der Waals surface area contributed by atoms with Gasteiger partial charge in [0.25, 0.3) is 0 Å². The third-order valence-corrected chi connectivity index (χ3v) is 7.65. The van der Waals surface area contributed by atoms with Crippen LogP contribution < -0.4 is 15.8 Å². The standard InChI is InChI=1S/C27H30N6O/c28-25-23-24(19-6-8-22(9-7-19)34-21-4-2-1-3-5-21)32-33(26(23)31-18-30-25)20-10-12-27(13-11-20)14-16-29-17-15-27/h1-9,18,20,29H,10-17H2,(H2,28,30,31). The molecule has 1 aliphatic heterocycles. The minimum absolute atomic E-state index is 0.340. The molecule has 7 nitrogen and oxygen atoms in total. The first-order valence-corrected chi connectivity index (χ1v) is 12.2. The van der Waals surface area contributed by atoms with Crippen molar-refractivity contribution in [3.05, 3.63) is 60.9 Å². The average Bonchev–Trinajstić information content (AvgIpc) is 3.27. The van der Waals surface area contributed by atoms with Gasteiger partial charge in [-0.05, 0) is 93.4 Å². The molecule has 1 saturated carbocycles. The molecule has 174 valence electrons. The summed E-state index contributed by atoms with van der Waals surface area (Å²) in [6.45, 7) is 2.29. The molecular formula is C27H30N6O. The summed E-state index contributed by atoms with van der Waals surface area (Å²) in [6, 6.07) is 18.1. The quantitative estimate of drug-likeness (QED) is 0.432.